The van der Waals surface area contributed by atoms with Crippen molar-refractivity contribution in [2.75, 3.05) is 30.9 Å². The van der Waals surface area contributed by atoms with Crippen molar-refractivity contribution in [3.05, 3.63) is 23.8 Å². The molecule has 1 aromatic rings. The molecule has 0 aromatic heterocycles. The number of aryl methyl sites for hydroxylation is 1. The number of nitrogens with zero attached hydrogens (tertiary/aromatic N) is 1. The molecule has 0 unspecified atom stereocenters. The normalized spacial score (nSPS) is 16.4. The van der Waals surface area contributed by atoms with Crippen LogP contribution in [0.4, 0.5) is 11.4 Å². The number of nitrogens with two attached hydrogens (primary N) is 1. The predicted molar refractivity (Wildman–Crippen MR) is 58.6 cm³/mol. The number of benzene rings is 1. The van der Waals surface area contributed by atoms with Gasteiger partial charge in [0, 0.05) is 18.4 Å². The van der Waals surface area contributed by atoms with E-state index in [1.807, 2.05) is 12.1 Å². The summed E-state index contributed by atoms with van der Waals surface area (Å²) in [5.41, 5.74) is 9.00. The van der Waals surface area contributed by atoms with Gasteiger partial charge in [0.25, 0.3) is 0 Å². The van der Waals surface area contributed by atoms with Gasteiger partial charge in [-0.3, -0.25) is 0 Å². The van der Waals surface area contributed by atoms with Crippen molar-refractivity contribution in [3.8, 4) is 0 Å². The number of anilines is 2. The number of rotatable bonds is 2. The summed E-state index contributed by atoms with van der Waals surface area (Å²) in [7, 11) is 2.08. The maximum atomic E-state index is 5.80. The van der Waals surface area contributed by atoms with Gasteiger partial charge in [-0.25, -0.2) is 0 Å². The van der Waals surface area contributed by atoms with Crippen LogP contribution in [0.1, 0.15) is 5.56 Å². The number of ether oxygens (including phenoxy) is 1. The van der Waals surface area contributed by atoms with Gasteiger partial charge in [-0.15, -0.1) is 0 Å². The van der Waals surface area contributed by atoms with Gasteiger partial charge in [0.2, 0.25) is 0 Å². The number of hydrogen-bond acceptors (Lipinski definition) is 3. The lowest BCUT2D eigenvalue weighted by Gasteiger charge is -2.36. The Morgan fingerprint density at radius 2 is 2.07 bits per heavy atom. The summed E-state index contributed by atoms with van der Waals surface area (Å²) in [5.74, 6) is 0. The van der Waals surface area contributed by atoms with Crippen LogP contribution in [0.5, 0.6) is 0 Å². The van der Waals surface area contributed by atoms with Crippen LogP contribution in [-0.4, -0.2) is 26.3 Å². The third-order valence-electron chi connectivity index (χ3n) is 2.66. The van der Waals surface area contributed by atoms with Gasteiger partial charge in [0.1, 0.15) is 0 Å². The topological polar surface area (TPSA) is 38.5 Å². The molecule has 1 heterocycles. The van der Waals surface area contributed by atoms with Gasteiger partial charge in [0.05, 0.1) is 19.3 Å². The molecule has 1 aromatic carbocycles. The highest BCUT2D eigenvalue weighted by Crippen LogP contribution is 2.23. The molecular weight excluding hydrogens is 176 g/mol. The van der Waals surface area contributed by atoms with E-state index in [1.165, 1.54) is 11.3 Å². The van der Waals surface area contributed by atoms with Gasteiger partial charge in [-0.1, -0.05) is 0 Å². The third-order valence-corrected chi connectivity index (χ3v) is 2.66. The zero-order chi connectivity index (χ0) is 10.1. The minimum absolute atomic E-state index is 0.510. The van der Waals surface area contributed by atoms with Gasteiger partial charge >= 0.3 is 0 Å². The average Bonchev–Trinajstić information content (AvgIpc) is 1.98. The molecule has 3 heteroatoms. The maximum absolute atomic E-state index is 5.80. The molecule has 0 radical (unpaired) electrons. The van der Waals surface area contributed by atoms with Gasteiger partial charge in [-0.2, -0.15) is 0 Å². The van der Waals surface area contributed by atoms with Crippen molar-refractivity contribution in [1.82, 2.24) is 0 Å². The molecule has 0 spiro atoms. The molecular formula is C11H16N2O. The van der Waals surface area contributed by atoms with Crippen LogP contribution in [0.2, 0.25) is 0 Å². The van der Waals surface area contributed by atoms with E-state index in [9.17, 15) is 0 Å². The monoisotopic (exact) mass is 192 g/mol. The van der Waals surface area contributed by atoms with Crippen LogP contribution in [0.3, 0.4) is 0 Å². The Labute approximate surface area is 84.5 Å². The van der Waals surface area contributed by atoms with Crippen LogP contribution in [0.25, 0.3) is 0 Å². The number of nitrogen functional groups attached to an aromatic ring is 1. The molecule has 2 N–H and O–H groups in total. The second-order valence-corrected chi connectivity index (χ2v) is 3.90. The minimum atomic E-state index is 0.510. The highest BCUT2D eigenvalue weighted by atomic mass is 16.5. The van der Waals surface area contributed by atoms with Crippen LogP contribution in [0, 0.1) is 6.92 Å². The molecule has 0 amide bonds. The summed E-state index contributed by atoms with van der Waals surface area (Å²) < 4.78 is 5.17. The standard InChI is InChI=1S/C11H16N2O/c1-8-3-9(12)5-10(4-8)13(2)11-6-14-7-11/h3-5,11H,6-7,12H2,1-2H3. The Morgan fingerprint density at radius 1 is 1.36 bits per heavy atom. The average molecular weight is 192 g/mol. The fourth-order valence-electron chi connectivity index (χ4n) is 1.65. The van der Waals surface area contributed by atoms with Crippen molar-refractivity contribution in [2.45, 2.75) is 13.0 Å². The van der Waals surface area contributed by atoms with Crippen LogP contribution in [-0.2, 0) is 4.74 Å². The lowest BCUT2D eigenvalue weighted by molar-refractivity contribution is 0.0101. The van der Waals surface area contributed by atoms with Gasteiger partial charge in [0.15, 0.2) is 0 Å². The SMILES string of the molecule is Cc1cc(N)cc(N(C)C2COC2)c1. The summed E-state index contributed by atoms with van der Waals surface area (Å²) >= 11 is 0. The zero-order valence-corrected chi connectivity index (χ0v) is 8.66. The number of likely N-dealkylation sites (N-methyl/N-ethyl adjacent to an activating group) is 1. The second kappa shape index (κ2) is 3.50. The largest absolute Gasteiger partial charge is 0.399 e. The Balaban J connectivity index is 2.21. The first-order valence-electron chi connectivity index (χ1n) is 4.84. The van der Waals surface area contributed by atoms with Gasteiger partial charge < -0.3 is 15.4 Å². The highest BCUT2D eigenvalue weighted by Gasteiger charge is 2.23. The van der Waals surface area contributed by atoms with E-state index in [0.717, 1.165) is 18.9 Å². The molecule has 1 saturated heterocycles. The predicted octanol–water partition coefficient (Wildman–Crippen LogP) is 1.41. The van der Waals surface area contributed by atoms with Crippen molar-refractivity contribution in [2.24, 2.45) is 0 Å². The van der Waals surface area contributed by atoms with Crippen LogP contribution < -0.4 is 10.6 Å². The quantitative estimate of drug-likeness (QED) is 0.720. The molecule has 3 nitrogen and oxygen atoms in total. The Morgan fingerprint density at radius 3 is 2.57 bits per heavy atom. The van der Waals surface area contributed by atoms with E-state index >= 15 is 0 Å². The zero-order valence-electron chi connectivity index (χ0n) is 8.66. The Kier molecular flexibility index (Phi) is 2.33. The van der Waals surface area contributed by atoms with E-state index in [4.69, 9.17) is 10.5 Å². The molecule has 76 valence electrons. The lowest BCUT2D eigenvalue weighted by atomic mass is 10.1. The van der Waals surface area contributed by atoms with Crippen molar-refractivity contribution >= 4 is 11.4 Å². The van der Waals surface area contributed by atoms with Crippen LogP contribution in [0.15, 0.2) is 18.2 Å². The lowest BCUT2D eigenvalue weighted by Crippen LogP contribution is -2.47. The van der Waals surface area contributed by atoms with Crippen molar-refractivity contribution < 1.29 is 4.74 Å². The summed E-state index contributed by atoms with van der Waals surface area (Å²) in [4.78, 5) is 2.23. The fourth-order valence-corrected chi connectivity index (χ4v) is 1.65. The first-order valence-corrected chi connectivity index (χ1v) is 4.84. The molecule has 0 aliphatic carbocycles. The Bertz CT molecular complexity index is 314. The first-order chi connectivity index (χ1) is 6.66. The fraction of sp³-hybridized carbons (Fsp3) is 0.455. The highest BCUT2D eigenvalue weighted by molar-refractivity contribution is 5.58. The van der Waals surface area contributed by atoms with E-state index in [2.05, 4.69) is 24.9 Å². The molecule has 1 fully saturated rings. The molecule has 0 atom stereocenters. The molecule has 0 saturated carbocycles. The minimum Gasteiger partial charge on any atom is -0.399 e. The second-order valence-electron chi connectivity index (χ2n) is 3.90. The van der Waals surface area contributed by atoms with E-state index in [1.54, 1.807) is 0 Å². The van der Waals surface area contributed by atoms with Crippen molar-refractivity contribution in [3.63, 3.8) is 0 Å². The molecule has 1 aliphatic rings. The smallest absolute Gasteiger partial charge is 0.0754 e. The number of hydrogen-bond donors (Lipinski definition) is 1. The summed E-state index contributed by atoms with van der Waals surface area (Å²) in [6.45, 7) is 3.71. The molecule has 2 rings (SSSR count). The Hall–Kier alpha value is -1.22. The van der Waals surface area contributed by atoms with E-state index in [0.29, 0.717) is 6.04 Å². The molecule has 0 bridgehead atoms. The third kappa shape index (κ3) is 1.68. The summed E-state index contributed by atoms with van der Waals surface area (Å²) in [6.07, 6.45) is 0. The van der Waals surface area contributed by atoms with E-state index in [-0.39, 0.29) is 0 Å². The van der Waals surface area contributed by atoms with E-state index < -0.39 is 0 Å². The maximum Gasteiger partial charge on any atom is 0.0754 e. The van der Waals surface area contributed by atoms with Crippen LogP contribution >= 0.6 is 0 Å². The molecule has 1 aliphatic heterocycles. The summed E-state index contributed by atoms with van der Waals surface area (Å²) in [5, 5.41) is 0. The van der Waals surface area contributed by atoms with Crippen molar-refractivity contribution in [1.29, 1.82) is 0 Å². The first kappa shape index (κ1) is 9.34. The van der Waals surface area contributed by atoms with Gasteiger partial charge in [-0.05, 0) is 30.7 Å². The summed E-state index contributed by atoms with van der Waals surface area (Å²) in [6, 6.07) is 6.64. The molecule has 14 heavy (non-hydrogen) atoms.